The first-order valence-corrected chi connectivity index (χ1v) is 16.8. The number of hydrogen-bond donors (Lipinski definition) is 4. The van der Waals surface area contributed by atoms with Crippen molar-refractivity contribution in [3.05, 3.63) is 93.8 Å². The van der Waals surface area contributed by atoms with Crippen LogP contribution < -0.4 is 15.4 Å². The van der Waals surface area contributed by atoms with Gasteiger partial charge < -0.3 is 15.4 Å². The van der Waals surface area contributed by atoms with Crippen LogP contribution in [-0.4, -0.2) is 43.1 Å². The lowest BCUT2D eigenvalue weighted by Gasteiger charge is -2.23. The summed E-state index contributed by atoms with van der Waals surface area (Å²) in [6.07, 6.45) is 3.14. The molecule has 0 bridgehead atoms. The second kappa shape index (κ2) is 15.1. The molecule has 0 saturated carbocycles. The highest BCUT2D eigenvalue weighted by Crippen LogP contribution is 2.33. The van der Waals surface area contributed by atoms with Crippen LogP contribution in [0.4, 0.5) is 10.5 Å². The van der Waals surface area contributed by atoms with E-state index in [2.05, 4.69) is 29.7 Å². The summed E-state index contributed by atoms with van der Waals surface area (Å²) in [5, 5.41) is 8.47. The molecule has 13 heteroatoms. The van der Waals surface area contributed by atoms with E-state index in [1.54, 1.807) is 23.5 Å². The van der Waals surface area contributed by atoms with Gasteiger partial charge in [0.15, 0.2) is 0 Å². The lowest BCUT2D eigenvalue weighted by molar-refractivity contribution is -0.123. The van der Waals surface area contributed by atoms with Crippen LogP contribution in [0.2, 0.25) is 0 Å². The first kappa shape index (κ1) is 32.1. The maximum atomic E-state index is 13.7. The number of nitrogens with one attached hydrogen (secondary N) is 3. The molecule has 2 heterocycles. The molecule has 4 aromatic rings. The molecule has 4 rings (SSSR count). The normalized spacial score (nSPS) is 12.7. The van der Waals surface area contributed by atoms with Crippen molar-refractivity contribution in [3.63, 3.8) is 0 Å². The van der Waals surface area contributed by atoms with Crippen molar-refractivity contribution < 1.29 is 27.3 Å². The molecule has 4 N–H and O–H groups in total. The third-order valence-electron chi connectivity index (χ3n) is 6.56. The summed E-state index contributed by atoms with van der Waals surface area (Å²) in [6, 6.07) is 18.5. The van der Waals surface area contributed by atoms with Crippen LogP contribution in [0, 0.1) is 0 Å². The number of methoxy groups -OCH3 is 1. The topological polar surface area (TPSA) is 147 Å². The van der Waals surface area contributed by atoms with Gasteiger partial charge in [-0.1, -0.05) is 55.8 Å². The maximum absolute atomic E-state index is 13.7. The van der Waals surface area contributed by atoms with E-state index in [0.717, 1.165) is 40.3 Å². The third kappa shape index (κ3) is 9.89. The summed E-state index contributed by atoms with van der Waals surface area (Å²) in [4.78, 5) is 33.0. The summed E-state index contributed by atoms with van der Waals surface area (Å²) in [5.74, 6) is -0.406. The molecule has 2 aromatic carbocycles. The van der Waals surface area contributed by atoms with Gasteiger partial charge in [0, 0.05) is 16.7 Å². The van der Waals surface area contributed by atoms with Crippen molar-refractivity contribution in [2.45, 2.75) is 51.1 Å². The van der Waals surface area contributed by atoms with Crippen molar-refractivity contribution >= 4 is 50.7 Å². The van der Waals surface area contributed by atoms with E-state index in [1.807, 2.05) is 40.4 Å². The molecule has 0 spiro atoms. The summed E-state index contributed by atoms with van der Waals surface area (Å²) >= 11 is 3.21. The molecule has 0 saturated heterocycles. The summed E-state index contributed by atoms with van der Waals surface area (Å²) < 4.78 is 38.2. The lowest BCUT2D eigenvalue weighted by Crippen LogP contribution is -2.49. The van der Waals surface area contributed by atoms with Gasteiger partial charge in [0.05, 0.1) is 29.4 Å². The zero-order chi connectivity index (χ0) is 30.8. The van der Waals surface area contributed by atoms with Gasteiger partial charge in [-0.15, -0.1) is 22.7 Å². The van der Waals surface area contributed by atoms with E-state index in [9.17, 15) is 18.0 Å². The quantitative estimate of drug-likeness (QED) is 0.127. The first-order valence-electron chi connectivity index (χ1n) is 13.7. The van der Waals surface area contributed by atoms with Gasteiger partial charge in [0.25, 0.3) is 0 Å². The molecule has 43 heavy (non-hydrogen) atoms. The number of ether oxygens (including phenoxy) is 1. The molecule has 0 aliphatic heterocycles. The van der Waals surface area contributed by atoms with Gasteiger partial charge in [0.1, 0.15) is 11.0 Å². The minimum absolute atomic E-state index is 0.199. The van der Waals surface area contributed by atoms with Crippen LogP contribution in [0.5, 0.6) is 0 Å². The van der Waals surface area contributed by atoms with Crippen LogP contribution in [-0.2, 0) is 39.1 Å². The number of carbonyl (C=O) groups is 2. The molecule has 228 valence electrons. The number of unbranched alkanes of at least 4 members (excludes halogenated alkanes) is 1. The Kier molecular flexibility index (Phi) is 11.3. The number of thiazole rings is 1. The van der Waals surface area contributed by atoms with Gasteiger partial charge in [0.2, 0.25) is 5.91 Å². The Balaban J connectivity index is 1.60. The number of anilines is 1. The molecule has 2 amide bonds. The number of rotatable bonds is 14. The number of hydrogen-bond acceptors (Lipinski definition) is 8. The SMILES string of the molecule is CCCCc1ccc(-c2nc(C(Cc3ccc(NS(=O)(=O)O)cc3)NC(=O)C(Cc3ccccc3)NC(=O)OC)cs2)s1. The standard InChI is InChI=1S/C30H34N4O6S3/c1-3-4-10-23-15-16-27(42-23)29-32-26(19-41-29)24(17-21-11-13-22(14-12-21)34-43(37,38)39)31-28(35)25(33-30(36)40-2)18-20-8-6-5-7-9-20/h5-9,11-16,19,24-25,34H,3-4,10,17-18H2,1-2H3,(H,31,35)(H,33,36)(H,37,38,39). The largest absolute Gasteiger partial charge is 0.453 e. The fourth-order valence-electron chi connectivity index (χ4n) is 4.39. The minimum atomic E-state index is -4.41. The number of nitrogens with zero attached hydrogens (tertiary/aromatic N) is 1. The second-order valence-electron chi connectivity index (χ2n) is 9.86. The molecule has 10 nitrogen and oxygen atoms in total. The van der Waals surface area contributed by atoms with E-state index < -0.39 is 34.4 Å². The van der Waals surface area contributed by atoms with E-state index in [1.165, 1.54) is 35.5 Å². The fourth-order valence-corrected chi connectivity index (χ4v) is 6.82. The van der Waals surface area contributed by atoms with E-state index >= 15 is 0 Å². The molecular formula is C30H34N4O6S3. The number of aromatic nitrogens is 1. The average molecular weight is 643 g/mol. The predicted molar refractivity (Wildman–Crippen MR) is 170 cm³/mol. The predicted octanol–water partition coefficient (Wildman–Crippen LogP) is 5.80. The zero-order valence-electron chi connectivity index (χ0n) is 23.8. The highest BCUT2D eigenvalue weighted by molar-refractivity contribution is 7.87. The molecule has 0 radical (unpaired) electrons. The monoisotopic (exact) mass is 642 g/mol. The molecule has 0 fully saturated rings. The Labute approximate surface area is 259 Å². The van der Waals surface area contributed by atoms with Gasteiger partial charge in [-0.3, -0.25) is 14.1 Å². The average Bonchev–Trinajstić information content (AvgIpc) is 3.66. The van der Waals surface area contributed by atoms with Gasteiger partial charge in [-0.05, 0) is 54.7 Å². The number of amides is 2. The number of alkyl carbamates (subject to hydrolysis) is 1. The van der Waals surface area contributed by atoms with Crippen LogP contribution in [0.3, 0.4) is 0 Å². The van der Waals surface area contributed by atoms with Crippen LogP contribution in [0.15, 0.2) is 72.1 Å². The van der Waals surface area contributed by atoms with Crippen molar-refractivity contribution in [2.24, 2.45) is 0 Å². The zero-order valence-corrected chi connectivity index (χ0v) is 26.2. The fraction of sp³-hybridized carbons (Fsp3) is 0.300. The van der Waals surface area contributed by atoms with Crippen LogP contribution >= 0.6 is 22.7 Å². The van der Waals surface area contributed by atoms with Gasteiger partial charge in [-0.2, -0.15) is 8.42 Å². The summed E-state index contributed by atoms with van der Waals surface area (Å²) in [6.45, 7) is 2.17. The summed E-state index contributed by atoms with van der Waals surface area (Å²) in [5.41, 5.74) is 2.52. The van der Waals surface area contributed by atoms with Crippen molar-refractivity contribution in [2.75, 3.05) is 11.8 Å². The minimum Gasteiger partial charge on any atom is -0.453 e. The van der Waals surface area contributed by atoms with Crippen molar-refractivity contribution in [3.8, 4) is 9.88 Å². The number of carbonyl (C=O) groups excluding carboxylic acids is 2. The van der Waals surface area contributed by atoms with Crippen LogP contribution in [0.1, 0.15) is 47.5 Å². The number of thiophene rings is 1. The maximum Gasteiger partial charge on any atom is 0.407 e. The highest BCUT2D eigenvalue weighted by atomic mass is 32.2. The van der Waals surface area contributed by atoms with E-state index in [0.29, 0.717) is 12.1 Å². The first-order chi connectivity index (χ1) is 20.6. The Morgan fingerprint density at radius 1 is 0.977 bits per heavy atom. The second-order valence-corrected chi connectivity index (χ2v) is 13.0. The molecule has 2 unspecified atom stereocenters. The molecule has 0 aliphatic carbocycles. The summed E-state index contributed by atoms with van der Waals surface area (Å²) in [7, 11) is -3.17. The van der Waals surface area contributed by atoms with Gasteiger partial charge >= 0.3 is 16.4 Å². The Morgan fingerprint density at radius 3 is 2.37 bits per heavy atom. The number of aryl methyl sites for hydroxylation is 1. The smallest absolute Gasteiger partial charge is 0.407 e. The van der Waals surface area contributed by atoms with E-state index in [4.69, 9.17) is 14.3 Å². The molecule has 0 aliphatic rings. The third-order valence-corrected chi connectivity index (χ3v) is 9.23. The molecule has 2 aromatic heterocycles. The van der Waals surface area contributed by atoms with Crippen molar-refractivity contribution in [1.29, 1.82) is 0 Å². The Bertz CT molecular complexity index is 1600. The Hall–Kier alpha value is -3.78. The van der Waals surface area contributed by atoms with Gasteiger partial charge in [-0.25, -0.2) is 9.78 Å². The lowest BCUT2D eigenvalue weighted by atomic mass is 10.0. The van der Waals surface area contributed by atoms with E-state index in [-0.39, 0.29) is 12.1 Å². The van der Waals surface area contributed by atoms with Crippen LogP contribution in [0.25, 0.3) is 9.88 Å². The molecule has 2 atom stereocenters. The highest BCUT2D eigenvalue weighted by Gasteiger charge is 2.26. The molecular weight excluding hydrogens is 609 g/mol. The number of benzene rings is 2. The Morgan fingerprint density at radius 2 is 1.70 bits per heavy atom. The van der Waals surface area contributed by atoms with Crippen molar-refractivity contribution in [1.82, 2.24) is 15.6 Å².